The predicted molar refractivity (Wildman–Crippen MR) is 110 cm³/mol. The number of aryl methyl sites for hydroxylation is 3. The third-order valence-corrected chi connectivity index (χ3v) is 5.15. The summed E-state index contributed by atoms with van der Waals surface area (Å²) in [6, 6.07) is 22.6. The van der Waals surface area contributed by atoms with Crippen molar-refractivity contribution in [1.29, 1.82) is 0 Å². The normalized spacial score (nSPS) is 12.4. The van der Waals surface area contributed by atoms with Crippen LogP contribution in [0.25, 0.3) is 11.0 Å². The molecule has 0 aliphatic carbocycles. The Kier molecular flexibility index (Phi) is 4.54. The summed E-state index contributed by atoms with van der Waals surface area (Å²) in [6.07, 6.45) is -0.761. The van der Waals surface area contributed by atoms with E-state index < -0.39 is 6.10 Å². The molecule has 1 heterocycles. The van der Waals surface area contributed by atoms with E-state index in [0.717, 1.165) is 16.6 Å². The zero-order valence-corrected chi connectivity index (χ0v) is 16.0. The molecule has 0 radical (unpaired) electrons. The summed E-state index contributed by atoms with van der Waals surface area (Å²) in [5, 5.41) is 11.1. The van der Waals surface area contributed by atoms with Crippen LogP contribution >= 0.6 is 0 Å². The number of aliphatic hydroxyl groups is 1. The topological polar surface area (TPSA) is 38.1 Å². The van der Waals surface area contributed by atoms with Crippen LogP contribution in [-0.4, -0.2) is 14.7 Å². The van der Waals surface area contributed by atoms with Gasteiger partial charge in [-0.15, -0.1) is 0 Å². The fourth-order valence-corrected chi connectivity index (χ4v) is 3.51. The molecule has 4 rings (SSSR count). The fraction of sp³-hybridized carbons (Fsp3) is 0.208. The molecule has 0 amide bonds. The number of rotatable bonds is 4. The number of hydrogen-bond acceptors (Lipinski definition) is 2. The lowest BCUT2D eigenvalue weighted by Gasteiger charge is -2.16. The molecular weight excluding hydrogens is 332 g/mol. The molecule has 3 aromatic carbocycles. The summed E-state index contributed by atoms with van der Waals surface area (Å²) in [5.74, 6) is 0.681. The Bertz CT molecular complexity index is 1090. The molecule has 1 N–H and O–H groups in total. The van der Waals surface area contributed by atoms with E-state index in [2.05, 4.69) is 42.7 Å². The molecule has 1 unspecified atom stereocenters. The summed E-state index contributed by atoms with van der Waals surface area (Å²) in [4.78, 5) is 4.77. The summed E-state index contributed by atoms with van der Waals surface area (Å²) in [5.41, 5.74) is 7.71. The lowest BCUT2D eigenvalue weighted by Crippen LogP contribution is -2.12. The van der Waals surface area contributed by atoms with E-state index in [4.69, 9.17) is 4.98 Å². The SMILES string of the molecule is Cc1ccc(C(O)c2nc3ccccc3n2Cc2cc(C)ccc2C)cc1. The predicted octanol–water partition coefficient (Wildman–Crippen LogP) is 5.09. The van der Waals surface area contributed by atoms with Gasteiger partial charge in [-0.25, -0.2) is 4.98 Å². The second-order valence-electron chi connectivity index (χ2n) is 7.29. The Hall–Kier alpha value is -2.91. The van der Waals surface area contributed by atoms with Crippen LogP contribution in [0.4, 0.5) is 0 Å². The van der Waals surface area contributed by atoms with Crippen molar-refractivity contribution in [2.24, 2.45) is 0 Å². The van der Waals surface area contributed by atoms with Gasteiger partial charge in [0.05, 0.1) is 11.0 Å². The molecule has 0 saturated carbocycles. The van der Waals surface area contributed by atoms with E-state index in [-0.39, 0.29) is 0 Å². The fourth-order valence-electron chi connectivity index (χ4n) is 3.51. The first-order valence-electron chi connectivity index (χ1n) is 9.29. The molecule has 4 aromatic rings. The molecule has 136 valence electrons. The summed E-state index contributed by atoms with van der Waals surface area (Å²) in [7, 11) is 0. The summed E-state index contributed by atoms with van der Waals surface area (Å²) >= 11 is 0. The maximum atomic E-state index is 11.1. The molecule has 3 heteroatoms. The van der Waals surface area contributed by atoms with Crippen molar-refractivity contribution in [3.8, 4) is 0 Å². The van der Waals surface area contributed by atoms with Gasteiger partial charge in [-0.3, -0.25) is 0 Å². The van der Waals surface area contributed by atoms with Gasteiger partial charge in [0.1, 0.15) is 11.9 Å². The van der Waals surface area contributed by atoms with E-state index in [1.165, 1.54) is 22.3 Å². The zero-order chi connectivity index (χ0) is 19.0. The van der Waals surface area contributed by atoms with Crippen LogP contribution in [0.3, 0.4) is 0 Å². The van der Waals surface area contributed by atoms with Crippen LogP contribution in [0.5, 0.6) is 0 Å². The number of fused-ring (bicyclic) bond motifs is 1. The Balaban J connectivity index is 1.84. The Morgan fingerprint density at radius 2 is 1.59 bits per heavy atom. The van der Waals surface area contributed by atoms with Crippen LogP contribution in [0, 0.1) is 20.8 Å². The largest absolute Gasteiger partial charge is 0.380 e. The molecule has 0 fully saturated rings. The standard InChI is InChI=1S/C24H24N2O/c1-16-9-12-19(13-10-16)23(27)24-25-21-6-4-5-7-22(21)26(24)15-20-14-17(2)8-11-18(20)3/h4-14,23,27H,15H2,1-3H3. The van der Waals surface area contributed by atoms with Crippen molar-refractivity contribution >= 4 is 11.0 Å². The van der Waals surface area contributed by atoms with Gasteiger partial charge in [0.2, 0.25) is 0 Å². The third-order valence-electron chi connectivity index (χ3n) is 5.15. The van der Waals surface area contributed by atoms with Crippen molar-refractivity contribution in [2.45, 2.75) is 33.4 Å². The summed E-state index contributed by atoms with van der Waals surface area (Å²) < 4.78 is 2.14. The van der Waals surface area contributed by atoms with Crippen molar-refractivity contribution < 1.29 is 5.11 Å². The quantitative estimate of drug-likeness (QED) is 0.553. The highest BCUT2D eigenvalue weighted by atomic mass is 16.3. The molecule has 0 aliphatic rings. The lowest BCUT2D eigenvalue weighted by molar-refractivity contribution is 0.206. The van der Waals surface area contributed by atoms with Gasteiger partial charge >= 0.3 is 0 Å². The number of aliphatic hydroxyl groups excluding tert-OH is 1. The highest BCUT2D eigenvalue weighted by Gasteiger charge is 2.20. The number of benzene rings is 3. The van der Waals surface area contributed by atoms with Gasteiger partial charge in [-0.2, -0.15) is 0 Å². The minimum atomic E-state index is -0.761. The van der Waals surface area contributed by atoms with E-state index in [1.807, 2.05) is 49.4 Å². The van der Waals surface area contributed by atoms with Crippen LogP contribution in [0.15, 0.2) is 66.7 Å². The van der Waals surface area contributed by atoms with E-state index in [1.54, 1.807) is 0 Å². The zero-order valence-electron chi connectivity index (χ0n) is 16.0. The lowest BCUT2D eigenvalue weighted by atomic mass is 10.0. The van der Waals surface area contributed by atoms with Gasteiger partial charge in [-0.05, 0) is 49.6 Å². The van der Waals surface area contributed by atoms with Crippen LogP contribution in [-0.2, 0) is 6.54 Å². The monoisotopic (exact) mass is 356 g/mol. The summed E-state index contributed by atoms with van der Waals surface area (Å²) in [6.45, 7) is 6.97. The van der Waals surface area contributed by atoms with Crippen molar-refractivity contribution in [3.63, 3.8) is 0 Å². The van der Waals surface area contributed by atoms with E-state index in [9.17, 15) is 5.11 Å². The van der Waals surface area contributed by atoms with Gasteiger partial charge in [0, 0.05) is 6.54 Å². The Labute approximate surface area is 159 Å². The molecule has 0 bridgehead atoms. The number of hydrogen-bond donors (Lipinski definition) is 1. The number of aromatic nitrogens is 2. The number of nitrogens with zero attached hydrogens (tertiary/aromatic N) is 2. The van der Waals surface area contributed by atoms with Gasteiger partial charge in [-0.1, -0.05) is 65.7 Å². The minimum Gasteiger partial charge on any atom is -0.380 e. The van der Waals surface area contributed by atoms with Gasteiger partial charge in [0.15, 0.2) is 0 Å². The average Bonchev–Trinajstić information content (AvgIpc) is 3.03. The molecule has 0 aliphatic heterocycles. The van der Waals surface area contributed by atoms with E-state index >= 15 is 0 Å². The van der Waals surface area contributed by atoms with Crippen molar-refractivity contribution in [2.75, 3.05) is 0 Å². The third kappa shape index (κ3) is 3.38. The molecule has 3 nitrogen and oxygen atoms in total. The first-order chi connectivity index (χ1) is 13.0. The molecular formula is C24H24N2O. The molecule has 1 atom stereocenters. The molecule has 1 aromatic heterocycles. The van der Waals surface area contributed by atoms with Crippen molar-refractivity contribution in [1.82, 2.24) is 9.55 Å². The van der Waals surface area contributed by atoms with E-state index in [0.29, 0.717) is 12.4 Å². The second-order valence-corrected chi connectivity index (χ2v) is 7.29. The van der Waals surface area contributed by atoms with Crippen molar-refractivity contribution in [3.05, 3.63) is 100 Å². The second kappa shape index (κ2) is 7.01. The molecule has 0 saturated heterocycles. The maximum absolute atomic E-state index is 11.1. The Morgan fingerprint density at radius 3 is 2.37 bits per heavy atom. The highest BCUT2D eigenvalue weighted by Crippen LogP contribution is 2.27. The minimum absolute atomic E-state index is 0.681. The number of para-hydroxylation sites is 2. The Morgan fingerprint density at radius 1 is 0.889 bits per heavy atom. The molecule has 0 spiro atoms. The first-order valence-corrected chi connectivity index (χ1v) is 9.29. The maximum Gasteiger partial charge on any atom is 0.143 e. The average molecular weight is 356 g/mol. The molecule has 27 heavy (non-hydrogen) atoms. The van der Waals surface area contributed by atoms with Gasteiger partial charge < -0.3 is 9.67 Å². The highest BCUT2D eigenvalue weighted by molar-refractivity contribution is 5.76. The van der Waals surface area contributed by atoms with Gasteiger partial charge in [0.25, 0.3) is 0 Å². The van der Waals surface area contributed by atoms with Crippen LogP contribution in [0.2, 0.25) is 0 Å². The first kappa shape index (κ1) is 17.5. The van der Waals surface area contributed by atoms with Crippen LogP contribution in [0.1, 0.15) is 39.7 Å². The smallest absolute Gasteiger partial charge is 0.143 e. The number of imidazole rings is 1. The van der Waals surface area contributed by atoms with Crippen LogP contribution < -0.4 is 0 Å².